The van der Waals surface area contributed by atoms with Gasteiger partial charge >= 0.3 is 0 Å². The van der Waals surface area contributed by atoms with Crippen LogP contribution in [0.1, 0.15) is 21.5 Å². The van der Waals surface area contributed by atoms with Crippen molar-refractivity contribution >= 4 is 33.0 Å². The van der Waals surface area contributed by atoms with E-state index >= 15 is 0 Å². The van der Waals surface area contributed by atoms with E-state index in [1.807, 2.05) is 6.92 Å². The summed E-state index contributed by atoms with van der Waals surface area (Å²) in [4.78, 5) is 12.7. The van der Waals surface area contributed by atoms with E-state index in [4.69, 9.17) is 4.74 Å². The Balaban J connectivity index is 2.25. The molecule has 0 atom stereocenters. The number of aryl methyl sites for hydroxylation is 1. The van der Waals surface area contributed by atoms with Crippen LogP contribution in [-0.4, -0.2) is 28.0 Å². The van der Waals surface area contributed by atoms with Crippen LogP contribution < -0.4 is 14.8 Å². The van der Waals surface area contributed by atoms with E-state index in [-0.39, 0.29) is 10.8 Å². The van der Waals surface area contributed by atoms with Gasteiger partial charge in [0.25, 0.3) is 15.9 Å². The minimum Gasteiger partial charge on any atom is -0.494 e. The Bertz CT molecular complexity index is 795. The van der Waals surface area contributed by atoms with Crippen LogP contribution in [-0.2, 0) is 10.0 Å². The van der Waals surface area contributed by atoms with Crippen molar-refractivity contribution in [2.45, 2.75) is 18.7 Å². The average Bonchev–Trinajstić information content (AvgIpc) is 2.91. The standard InChI is InChI=1S/C15H18N2O4S2/c1-4-21-12-7-5-11(6-8-12)17-23(19,20)14-9-13(15(18)16-3)22-10(14)2/h5-9,17H,4H2,1-3H3,(H,16,18). The highest BCUT2D eigenvalue weighted by atomic mass is 32.2. The van der Waals surface area contributed by atoms with E-state index in [2.05, 4.69) is 10.0 Å². The van der Waals surface area contributed by atoms with Crippen LogP contribution in [0.4, 0.5) is 5.69 Å². The number of nitrogens with one attached hydrogen (secondary N) is 2. The Morgan fingerprint density at radius 1 is 1.26 bits per heavy atom. The number of sulfonamides is 1. The summed E-state index contributed by atoms with van der Waals surface area (Å²) in [5.41, 5.74) is 0.431. The second-order valence-electron chi connectivity index (χ2n) is 4.67. The number of ether oxygens (including phenoxy) is 1. The van der Waals surface area contributed by atoms with E-state index in [0.29, 0.717) is 27.8 Å². The summed E-state index contributed by atoms with van der Waals surface area (Å²) in [7, 11) is -2.25. The number of carbonyl (C=O) groups excluding carboxylic acids is 1. The lowest BCUT2D eigenvalue weighted by molar-refractivity contribution is 0.0967. The summed E-state index contributed by atoms with van der Waals surface area (Å²) < 4.78 is 32.8. The van der Waals surface area contributed by atoms with Gasteiger partial charge in [-0.15, -0.1) is 11.3 Å². The molecular weight excluding hydrogens is 336 g/mol. The van der Waals surface area contributed by atoms with E-state index in [1.54, 1.807) is 31.2 Å². The molecule has 0 spiro atoms. The topological polar surface area (TPSA) is 84.5 Å². The normalized spacial score (nSPS) is 11.1. The van der Waals surface area contributed by atoms with Crippen molar-refractivity contribution in [3.05, 3.63) is 40.1 Å². The molecule has 2 aromatic rings. The lowest BCUT2D eigenvalue weighted by Crippen LogP contribution is -2.16. The molecule has 6 nitrogen and oxygen atoms in total. The van der Waals surface area contributed by atoms with E-state index in [1.165, 1.54) is 13.1 Å². The molecule has 8 heteroatoms. The zero-order chi connectivity index (χ0) is 17.0. The lowest BCUT2D eigenvalue weighted by Gasteiger charge is -2.08. The summed E-state index contributed by atoms with van der Waals surface area (Å²) in [5.74, 6) is 0.365. The van der Waals surface area contributed by atoms with Gasteiger partial charge in [-0.3, -0.25) is 9.52 Å². The van der Waals surface area contributed by atoms with Crippen LogP contribution in [0.3, 0.4) is 0 Å². The molecule has 23 heavy (non-hydrogen) atoms. The third-order valence-electron chi connectivity index (χ3n) is 3.03. The van der Waals surface area contributed by atoms with Crippen molar-refractivity contribution in [3.8, 4) is 5.75 Å². The Kier molecular flexibility index (Phi) is 5.27. The van der Waals surface area contributed by atoms with Gasteiger partial charge in [-0.1, -0.05) is 0 Å². The van der Waals surface area contributed by atoms with E-state index in [0.717, 1.165) is 11.3 Å². The third kappa shape index (κ3) is 4.02. The molecule has 0 aliphatic rings. The zero-order valence-electron chi connectivity index (χ0n) is 13.0. The molecule has 0 fully saturated rings. The first-order valence-corrected chi connectivity index (χ1v) is 9.25. The second kappa shape index (κ2) is 7.01. The minimum absolute atomic E-state index is 0.106. The molecule has 1 heterocycles. The first-order valence-electron chi connectivity index (χ1n) is 6.95. The molecule has 1 aromatic heterocycles. The smallest absolute Gasteiger partial charge is 0.263 e. The van der Waals surface area contributed by atoms with Gasteiger partial charge in [0.2, 0.25) is 0 Å². The maximum absolute atomic E-state index is 12.5. The van der Waals surface area contributed by atoms with Crippen molar-refractivity contribution in [1.29, 1.82) is 0 Å². The monoisotopic (exact) mass is 354 g/mol. The molecule has 2 N–H and O–H groups in total. The summed E-state index contributed by atoms with van der Waals surface area (Å²) in [5, 5.41) is 2.48. The van der Waals surface area contributed by atoms with Crippen LogP contribution >= 0.6 is 11.3 Å². The van der Waals surface area contributed by atoms with E-state index < -0.39 is 10.0 Å². The van der Waals surface area contributed by atoms with Gasteiger partial charge < -0.3 is 10.1 Å². The van der Waals surface area contributed by atoms with Gasteiger partial charge in [-0.2, -0.15) is 0 Å². The Hall–Kier alpha value is -2.06. The highest BCUT2D eigenvalue weighted by Crippen LogP contribution is 2.28. The Morgan fingerprint density at radius 3 is 2.48 bits per heavy atom. The number of anilines is 1. The predicted octanol–water partition coefficient (Wildman–Crippen LogP) is 2.62. The average molecular weight is 354 g/mol. The Morgan fingerprint density at radius 2 is 1.91 bits per heavy atom. The summed E-state index contributed by atoms with van der Waals surface area (Å²) in [6.45, 7) is 4.09. The highest BCUT2D eigenvalue weighted by Gasteiger charge is 2.22. The maximum Gasteiger partial charge on any atom is 0.263 e. The quantitative estimate of drug-likeness (QED) is 0.835. The van der Waals surface area contributed by atoms with Crippen molar-refractivity contribution in [3.63, 3.8) is 0 Å². The first kappa shape index (κ1) is 17.3. The van der Waals surface area contributed by atoms with Gasteiger partial charge in [0, 0.05) is 17.6 Å². The van der Waals surface area contributed by atoms with E-state index in [9.17, 15) is 13.2 Å². The summed E-state index contributed by atoms with van der Waals surface area (Å²) in [6.07, 6.45) is 0. The highest BCUT2D eigenvalue weighted by molar-refractivity contribution is 7.93. The molecule has 0 saturated heterocycles. The molecule has 0 unspecified atom stereocenters. The second-order valence-corrected chi connectivity index (χ2v) is 7.58. The Labute approximate surface area is 139 Å². The number of hydrogen-bond acceptors (Lipinski definition) is 5. The lowest BCUT2D eigenvalue weighted by atomic mass is 10.3. The molecule has 1 amide bonds. The van der Waals surface area contributed by atoms with Crippen molar-refractivity contribution in [2.75, 3.05) is 18.4 Å². The number of benzene rings is 1. The third-order valence-corrected chi connectivity index (χ3v) is 5.72. The van der Waals surface area contributed by atoms with Gasteiger partial charge in [0.1, 0.15) is 10.6 Å². The zero-order valence-corrected chi connectivity index (χ0v) is 14.7. The van der Waals surface area contributed by atoms with Gasteiger partial charge in [0.05, 0.1) is 11.5 Å². The van der Waals surface area contributed by atoms with Crippen LogP contribution in [0.15, 0.2) is 35.2 Å². The number of hydrogen-bond donors (Lipinski definition) is 2. The predicted molar refractivity (Wildman–Crippen MR) is 90.9 cm³/mol. The fourth-order valence-electron chi connectivity index (χ4n) is 1.96. The van der Waals surface area contributed by atoms with Gasteiger partial charge in [-0.25, -0.2) is 8.42 Å². The molecule has 124 valence electrons. The summed E-state index contributed by atoms with van der Waals surface area (Å²) in [6, 6.07) is 8.03. The minimum atomic E-state index is -3.75. The van der Waals surface area contributed by atoms with Gasteiger partial charge in [0.15, 0.2) is 0 Å². The molecule has 0 saturated carbocycles. The summed E-state index contributed by atoms with van der Waals surface area (Å²) >= 11 is 1.14. The van der Waals surface area contributed by atoms with Crippen LogP contribution in [0.5, 0.6) is 5.75 Å². The molecular formula is C15H18N2O4S2. The fourth-order valence-corrected chi connectivity index (χ4v) is 4.56. The van der Waals surface area contributed by atoms with Gasteiger partial charge in [-0.05, 0) is 44.2 Å². The molecule has 1 aromatic carbocycles. The largest absolute Gasteiger partial charge is 0.494 e. The van der Waals surface area contributed by atoms with Crippen molar-refractivity contribution in [1.82, 2.24) is 5.32 Å². The maximum atomic E-state index is 12.5. The molecule has 0 aliphatic carbocycles. The fraction of sp³-hybridized carbons (Fsp3) is 0.267. The number of rotatable bonds is 6. The number of amides is 1. The number of thiophene rings is 1. The molecule has 0 bridgehead atoms. The SMILES string of the molecule is CCOc1ccc(NS(=O)(=O)c2cc(C(=O)NC)sc2C)cc1. The van der Waals surface area contributed by atoms with Crippen LogP contribution in [0, 0.1) is 6.92 Å². The van der Waals surface area contributed by atoms with Crippen molar-refractivity contribution < 1.29 is 17.9 Å². The van der Waals surface area contributed by atoms with Crippen molar-refractivity contribution in [2.24, 2.45) is 0 Å². The van der Waals surface area contributed by atoms with Crippen LogP contribution in [0.25, 0.3) is 0 Å². The molecule has 0 aliphatic heterocycles. The van der Waals surface area contributed by atoms with Crippen LogP contribution in [0.2, 0.25) is 0 Å². The number of carbonyl (C=O) groups is 1. The first-order chi connectivity index (χ1) is 10.9. The molecule has 0 radical (unpaired) electrons. The molecule has 2 rings (SSSR count).